The highest BCUT2D eigenvalue weighted by atomic mass is 16.6. The molecule has 5 heteroatoms. The Morgan fingerprint density at radius 2 is 1.91 bits per heavy atom. The summed E-state index contributed by atoms with van der Waals surface area (Å²) in [6.45, 7) is 8.10. The van der Waals surface area contributed by atoms with Crippen molar-refractivity contribution >= 4 is 6.09 Å². The SMILES string of the molecule is COC1(c2ccccc2C(C)O)CN(C(=O)OC(C)(C)C)C1. The number of methoxy groups -OCH3 is 1. The molecule has 1 unspecified atom stereocenters. The van der Waals surface area contributed by atoms with E-state index in [0.29, 0.717) is 13.1 Å². The van der Waals surface area contributed by atoms with E-state index in [0.717, 1.165) is 11.1 Å². The van der Waals surface area contributed by atoms with Crippen LogP contribution in [-0.2, 0) is 15.1 Å². The zero-order valence-electron chi connectivity index (χ0n) is 13.9. The normalized spacial score (nSPS) is 18.5. The molecule has 1 atom stereocenters. The second-order valence-corrected chi connectivity index (χ2v) is 6.80. The quantitative estimate of drug-likeness (QED) is 0.933. The van der Waals surface area contributed by atoms with Crippen LogP contribution in [-0.4, -0.2) is 41.9 Å². The summed E-state index contributed by atoms with van der Waals surface area (Å²) < 4.78 is 11.1. The van der Waals surface area contributed by atoms with Crippen molar-refractivity contribution in [2.24, 2.45) is 0 Å². The Bertz CT molecular complexity index is 542. The van der Waals surface area contributed by atoms with Gasteiger partial charge in [-0.1, -0.05) is 24.3 Å². The predicted octanol–water partition coefficient (Wildman–Crippen LogP) is 2.83. The molecule has 1 aliphatic rings. The van der Waals surface area contributed by atoms with Gasteiger partial charge in [0, 0.05) is 7.11 Å². The molecular weight excluding hydrogens is 282 g/mol. The number of aliphatic hydroxyl groups excluding tert-OH is 1. The Morgan fingerprint density at radius 3 is 2.41 bits per heavy atom. The van der Waals surface area contributed by atoms with Crippen molar-refractivity contribution in [2.45, 2.75) is 45.0 Å². The van der Waals surface area contributed by atoms with Gasteiger partial charge in [0.15, 0.2) is 0 Å². The van der Waals surface area contributed by atoms with E-state index >= 15 is 0 Å². The molecule has 0 aliphatic carbocycles. The smallest absolute Gasteiger partial charge is 0.410 e. The number of nitrogens with zero attached hydrogens (tertiary/aromatic N) is 1. The van der Waals surface area contributed by atoms with Gasteiger partial charge in [0.05, 0.1) is 19.2 Å². The van der Waals surface area contributed by atoms with E-state index in [4.69, 9.17) is 9.47 Å². The van der Waals surface area contributed by atoms with Crippen LogP contribution in [0.15, 0.2) is 24.3 Å². The maximum Gasteiger partial charge on any atom is 0.410 e. The Kier molecular flexibility index (Phi) is 4.49. The minimum atomic E-state index is -0.584. The van der Waals surface area contributed by atoms with E-state index in [9.17, 15) is 9.90 Å². The molecule has 1 heterocycles. The zero-order chi connectivity index (χ0) is 16.5. The van der Waals surface area contributed by atoms with Crippen molar-refractivity contribution in [3.05, 3.63) is 35.4 Å². The average molecular weight is 307 g/mol. The number of ether oxygens (including phenoxy) is 2. The van der Waals surface area contributed by atoms with Crippen molar-refractivity contribution < 1.29 is 19.4 Å². The molecule has 5 nitrogen and oxygen atoms in total. The molecule has 1 N–H and O–H groups in total. The van der Waals surface area contributed by atoms with Crippen LogP contribution >= 0.6 is 0 Å². The van der Waals surface area contributed by atoms with Gasteiger partial charge in [0.1, 0.15) is 11.2 Å². The Labute approximate surface area is 131 Å². The molecule has 0 spiro atoms. The standard InChI is InChI=1S/C17H25NO4/c1-12(19)13-8-6-7-9-14(13)17(21-5)10-18(11-17)15(20)22-16(2,3)4/h6-9,12,19H,10-11H2,1-5H3. The van der Waals surface area contributed by atoms with Gasteiger partial charge in [-0.05, 0) is 38.8 Å². The van der Waals surface area contributed by atoms with E-state index < -0.39 is 17.3 Å². The van der Waals surface area contributed by atoms with Crippen LogP contribution in [0.5, 0.6) is 0 Å². The number of benzene rings is 1. The third-order valence-electron chi connectivity index (χ3n) is 3.84. The van der Waals surface area contributed by atoms with Crippen LogP contribution in [0.2, 0.25) is 0 Å². The van der Waals surface area contributed by atoms with E-state index in [2.05, 4.69) is 0 Å². The number of rotatable bonds is 3. The van der Waals surface area contributed by atoms with Gasteiger partial charge in [-0.2, -0.15) is 0 Å². The Balaban J connectivity index is 2.17. The van der Waals surface area contributed by atoms with Gasteiger partial charge in [-0.15, -0.1) is 0 Å². The molecule has 122 valence electrons. The van der Waals surface area contributed by atoms with Gasteiger partial charge < -0.3 is 19.5 Å². The molecule has 2 rings (SSSR count). The third-order valence-corrected chi connectivity index (χ3v) is 3.84. The van der Waals surface area contributed by atoms with Crippen LogP contribution in [0.4, 0.5) is 4.79 Å². The first-order valence-electron chi connectivity index (χ1n) is 7.49. The van der Waals surface area contributed by atoms with Crippen LogP contribution < -0.4 is 0 Å². The lowest BCUT2D eigenvalue weighted by atomic mass is 9.82. The summed E-state index contributed by atoms with van der Waals surface area (Å²) in [4.78, 5) is 13.7. The first-order valence-corrected chi connectivity index (χ1v) is 7.49. The summed E-state index contributed by atoms with van der Waals surface area (Å²) in [5, 5.41) is 9.95. The fraction of sp³-hybridized carbons (Fsp3) is 0.588. The monoisotopic (exact) mass is 307 g/mol. The first kappa shape index (κ1) is 16.8. The topological polar surface area (TPSA) is 59.0 Å². The van der Waals surface area contributed by atoms with E-state index in [-0.39, 0.29) is 6.09 Å². The molecule has 0 bridgehead atoms. The second kappa shape index (κ2) is 5.89. The van der Waals surface area contributed by atoms with Crippen molar-refractivity contribution in [2.75, 3.05) is 20.2 Å². The second-order valence-electron chi connectivity index (χ2n) is 6.80. The summed E-state index contributed by atoms with van der Waals surface area (Å²) in [7, 11) is 1.63. The minimum absolute atomic E-state index is 0.338. The van der Waals surface area contributed by atoms with Gasteiger partial charge in [-0.3, -0.25) is 0 Å². The highest BCUT2D eigenvalue weighted by Gasteiger charge is 2.49. The van der Waals surface area contributed by atoms with Crippen molar-refractivity contribution in [1.29, 1.82) is 0 Å². The predicted molar refractivity (Wildman–Crippen MR) is 83.6 cm³/mol. The Hall–Kier alpha value is -1.59. The average Bonchev–Trinajstić information content (AvgIpc) is 2.36. The van der Waals surface area contributed by atoms with Crippen molar-refractivity contribution in [3.8, 4) is 0 Å². The number of amides is 1. The van der Waals surface area contributed by atoms with Crippen LogP contribution in [0.25, 0.3) is 0 Å². The Morgan fingerprint density at radius 1 is 1.32 bits per heavy atom. The van der Waals surface area contributed by atoms with Crippen LogP contribution in [0.1, 0.15) is 44.9 Å². The van der Waals surface area contributed by atoms with Gasteiger partial charge in [0.25, 0.3) is 0 Å². The van der Waals surface area contributed by atoms with Crippen LogP contribution in [0, 0.1) is 0 Å². The molecule has 1 amide bonds. The highest BCUT2D eigenvalue weighted by Crippen LogP contribution is 2.39. The van der Waals surface area contributed by atoms with Gasteiger partial charge in [0.2, 0.25) is 0 Å². The largest absolute Gasteiger partial charge is 0.444 e. The van der Waals surface area contributed by atoms with E-state index in [1.807, 2.05) is 45.0 Å². The molecule has 1 aromatic rings. The summed E-state index contributed by atoms with van der Waals surface area (Å²) in [6.07, 6.45) is -0.923. The summed E-state index contributed by atoms with van der Waals surface area (Å²) >= 11 is 0. The van der Waals surface area contributed by atoms with Crippen molar-refractivity contribution in [3.63, 3.8) is 0 Å². The number of carbonyl (C=O) groups is 1. The number of hydrogen-bond acceptors (Lipinski definition) is 4. The van der Waals surface area contributed by atoms with Gasteiger partial charge >= 0.3 is 6.09 Å². The molecule has 0 aromatic heterocycles. The summed E-state index contributed by atoms with van der Waals surface area (Å²) in [5.74, 6) is 0. The molecule has 1 aromatic carbocycles. The fourth-order valence-electron chi connectivity index (χ4n) is 2.71. The number of hydrogen-bond donors (Lipinski definition) is 1. The lowest BCUT2D eigenvalue weighted by molar-refractivity contribution is -0.128. The summed E-state index contributed by atoms with van der Waals surface area (Å²) in [6, 6.07) is 7.63. The van der Waals surface area contributed by atoms with Crippen molar-refractivity contribution in [1.82, 2.24) is 4.90 Å². The highest BCUT2D eigenvalue weighted by molar-refractivity contribution is 5.70. The maximum absolute atomic E-state index is 12.1. The lowest BCUT2D eigenvalue weighted by Crippen LogP contribution is -2.63. The minimum Gasteiger partial charge on any atom is -0.444 e. The molecular formula is C17H25NO4. The molecule has 0 saturated carbocycles. The first-order chi connectivity index (χ1) is 10.2. The molecule has 1 aliphatic heterocycles. The number of aliphatic hydroxyl groups is 1. The maximum atomic E-state index is 12.1. The molecule has 0 radical (unpaired) electrons. The molecule has 1 fully saturated rings. The van der Waals surface area contributed by atoms with E-state index in [1.165, 1.54) is 0 Å². The van der Waals surface area contributed by atoms with Gasteiger partial charge in [-0.25, -0.2) is 4.79 Å². The van der Waals surface area contributed by atoms with E-state index in [1.54, 1.807) is 18.9 Å². The van der Waals surface area contributed by atoms with Crippen LogP contribution in [0.3, 0.4) is 0 Å². The summed E-state index contributed by atoms with van der Waals surface area (Å²) in [5.41, 5.74) is 0.658. The fourth-order valence-corrected chi connectivity index (χ4v) is 2.71. The zero-order valence-corrected chi connectivity index (χ0v) is 13.9. The number of likely N-dealkylation sites (tertiary alicyclic amines) is 1. The molecule has 22 heavy (non-hydrogen) atoms. The third kappa shape index (κ3) is 3.25. The lowest BCUT2D eigenvalue weighted by Gasteiger charge is -2.49. The number of carbonyl (C=O) groups excluding carboxylic acids is 1. The molecule has 1 saturated heterocycles.